The van der Waals surface area contributed by atoms with Gasteiger partial charge in [-0.3, -0.25) is 4.79 Å². The third-order valence-corrected chi connectivity index (χ3v) is 6.04. The first kappa shape index (κ1) is 25.7. The number of rotatable bonds is 12. The van der Waals surface area contributed by atoms with Crippen LogP contribution in [0.25, 0.3) is 0 Å². The van der Waals surface area contributed by atoms with Crippen LogP contribution in [0.4, 0.5) is 0 Å². The van der Waals surface area contributed by atoms with Gasteiger partial charge in [-0.05, 0) is 42.9 Å². The molecule has 0 unspecified atom stereocenters. The van der Waals surface area contributed by atoms with Crippen molar-refractivity contribution < 1.29 is 19.8 Å². The normalized spacial score (nSPS) is 24.3. The minimum Gasteiger partial charge on any atom is -0.508 e. The molecule has 0 aromatic heterocycles. The summed E-state index contributed by atoms with van der Waals surface area (Å²) in [6.07, 6.45) is 4.30. The van der Waals surface area contributed by atoms with Gasteiger partial charge < -0.3 is 15.1 Å². The highest BCUT2D eigenvalue weighted by Gasteiger charge is 2.57. The number of hydrogen-bond donors (Lipinski definition) is 2. The first-order valence-electron chi connectivity index (χ1n) is 11.3. The van der Waals surface area contributed by atoms with Crippen LogP contribution in [0.1, 0.15) is 87.0 Å². The predicted octanol–water partition coefficient (Wildman–Crippen LogP) is 5.68. The molecule has 0 fully saturated rings. The average molecular weight is 410 g/mol. The van der Waals surface area contributed by atoms with Crippen LogP contribution in [0.3, 0.4) is 0 Å². The van der Waals surface area contributed by atoms with Gasteiger partial charge in [-0.15, -0.1) is 0 Å². The molecule has 0 spiro atoms. The molecule has 29 heavy (non-hydrogen) atoms. The molecule has 1 rings (SSSR count). The molecule has 0 heterocycles. The molecule has 1 aliphatic rings. The quantitative estimate of drug-likeness (QED) is 0.321. The fourth-order valence-corrected chi connectivity index (χ4v) is 4.42. The van der Waals surface area contributed by atoms with Crippen molar-refractivity contribution in [1.82, 2.24) is 0 Å². The van der Waals surface area contributed by atoms with Gasteiger partial charge in [0.05, 0.1) is 17.2 Å². The Morgan fingerprint density at radius 2 is 1.66 bits per heavy atom. The minimum atomic E-state index is -1.53. The lowest BCUT2D eigenvalue weighted by Gasteiger charge is -2.37. The Kier molecular flexibility index (Phi) is 9.87. The smallest absolute Gasteiger partial charge is 0.174 e. The maximum absolute atomic E-state index is 13.5. The number of ketones is 1. The second kappa shape index (κ2) is 11.1. The van der Waals surface area contributed by atoms with Crippen LogP contribution in [0.5, 0.6) is 0 Å². The highest BCUT2D eigenvalue weighted by molar-refractivity contribution is 6.25. The molecule has 1 aliphatic carbocycles. The van der Waals surface area contributed by atoms with E-state index in [4.69, 9.17) is 4.84 Å². The van der Waals surface area contributed by atoms with Crippen molar-refractivity contribution >= 4 is 11.5 Å². The van der Waals surface area contributed by atoms with E-state index in [0.717, 1.165) is 19.3 Å². The molecule has 5 heteroatoms. The number of carbonyl (C=O) groups excluding carboxylic acids is 1. The molecule has 0 aromatic carbocycles. The van der Waals surface area contributed by atoms with E-state index in [1.54, 1.807) is 0 Å². The Balaban J connectivity index is 3.48. The van der Waals surface area contributed by atoms with E-state index in [1.807, 2.05) is 20.8 Å². The molecule has 2 N–H and O–H groups in total. The topological polar surface area (TPSA) is 79.1 Å². The SMILES string of the molecule is CC[C@@H](CCC(C)C)[C@@]1(O)C(O)=C(/C(CC(C)C)=N\OC)C(=O)[C@@H]1CCC(C)C. The fourth-order valence-electron chi connectivity index (χ4n) is 4.42. The van der Waals surface area contributed by atoms with Gasteiger partial charge in [-0.2, -0.15) is 0 Å². The van der Waals surface area contributed by atoms with E-state index in [1.165, 1.54) is 7.11 Å². The van der Waals surface area contributed by atoms with Crippen LogP contribution in [0.15, 0.2) is 16.5 Å². The summed E-state index contributed by atoms with van der Waals surface area (Å²) in [6, 6.07) is 0. The van der Waals surface area contributed by atoms with Gasteiger partial charge in [0.25, 0.3) is 0 Å². The Labute approximate surface area is 177 Å². The van der Waals surface area contributed by atoms with Crippen LogP contribution in [-0.4, -0.2) is 34.4 Å². The summed E-state index contributed by atoms with van der Waals surface area (Å²) >= 11 is 0. The Morgan fingerprint density at radius 3 is 2.10 bits per heavy atom. The summed E-state index contributed by atoms with van der Waals surface area (Å²) in [5.41, 5.74) is -0.912. The molecule has 0 radical (unpaired) electrons. The summed E-state index contributed by atoms with van der Waals surface area (Å²) < 4.78 is 0. The van der Waals surface area contributed by atoms with E-state index in [0.29, 0.717) is 36.8 Å². The van der Waals surface area contributed by atoms with E-state index < -0.39 is 11.5 Å². The standard InChI is InChI=1S/C24H43NO4/c1-9-18(12-10-15(2)3)24(28)19(13-11-16(4)5)22(26)21(23(24)27)20(25-29-8)14-17(6)7/h15-19,27-28H,9-14H2,1-8H3/b25-20-/t18-,19-,24-/m0/s1. The van der Waals surface area contributed by atoms with Gasteiger partial charge in [0.2, 0.25) is 0 Å². The number of allylic oxidation sites excluding steroid dienone is 1. The maximum atomic E-state index is 13.5. The van der Waals surface area contributed by atoms with E-state index in [-0.39, 0.29) is 29.0 Å². The average Bonchev–Trinajstić information content (AvgIpc) is 2.79. The van der Waals surface area contributed by atoms with Gasteiger partial charge in [0, 0.05) is 0 Å². The number of aliphatic hydroxyl groups is 2. The van der Waals surface area contributed by atoms with Crippen LogP contribution in [-0.2, 0) is 9.63 Å². The van der Waals surface area contributed by atoms with Crippen LogP contribution in [0.2, 0.25) is 0 Å². The number of hydrogen-bond acceptors (Lipinski definition) is 5. The van der Waals surface area contributed by atoms with Crippen LogP contribution in [0, 0.1) is 29.6 Å². The maximum Gasteiger partial charge on any atom is 0.174 e. The lowest BCUT2D eigenvalue weighted by molar-refractivity contribution is -0.129. The third-order valence-electron chi connectivity index (χ3n) is 6.04. The van der Waals surface area contributed by atoms with Crippen molar-refractivity contribution in [3.05, 3.63) is 11.3 Å². The lowest BCUT2D eigenvalue weighted by Crippen LogP contribution is -2.46. The van der Waals surface area contributed by atoms with E-state index in [2.05, 4.69) is 32.9 Å². The van der Waals surface area contributed by atoms with Crippen LogP contribution < -0.4 is 0 Å². The first-order valence-corrected chi connectivity index (χ1v) is 11.3. The summed E-state index contributed by atoms with van der Waals surface area (Å²) in [5, 5.41) is 27.2. The molecular weight excluding hydrogens is 366 g/mol. The minimum absolute atomic E-state index is 0.175. The van der Waals surface area contributed by atoms with Gasteiger partial charge >= 0.3 is 0 Å². The second-order valence-corrected chi connectivity index (χ2v) is 9.83. The summed E-state index contributed by atoms with van der Waals surface area (Å²) in [6.45, 7) is 14.6. The van der Waals surface area contributed by atoms with Gasteiger partial charge in [-0.25, -0.2) is 0 Å². The largest absolute Gasteiger partial charge is 0.508 e. The van der Waals surface area contributed by atoms with Gasteiger partial charge in [0.1, 0.15) is 18.5 Å². The predicted molar refractivity (Wildman–Crippen MR) is 119 cm³/mol. The third kappa shape index (κ3) is 6.07. The molecular formula is C24H43NO4. The number of Topliss-reactive ketones (excluding diaryl/α,β-unsaturated/α-hetero) is 1. The zero-order chi connectivity index (χ0) is 22.4. The van der Waals surface area contributed by atoms with Crippen molar-refractivity contribution in [2.45, 2.75) is 92.6 Å². The molecule has 0 aromatic rings. The molecule has 3 atom stereocenters. The summed E-state index contributed by atoms with van der Waals surface area (Å²) in [5.74, 6) is -0.0403. The Hall–Kier alpha value is -1.36. The molecule has 168 valence electrons. The summed E-state index contributed by atoms with van der Waals surface area (Å²) in [7, 11) is 1.44. The van der Waals surface area contributed by atoms with Crippen molar-refractivity contribution in [1.29, 1.82) is 0 Å². The zero-order valence-corrected chi connectivity index (χ0v) is 19.8. The van der Waals surface area contributed by atoms with Crippen LogP contribution >= 0.6 is 0 Å². The fraction of sp³-hybridized carbons (Fsp3) is 0.833. The number of carbonyl (C=O) groups is 1. The Morgan fingerprint density at radius 1 is 1.07 bits per heavy atom. The monoisotopic (exact) mass is 409 g/mol. The second-order valence-electron chi connectivity index (χ2n) is 9.83. The van der Waals surface area contributed by atoms with E-state index in [9.17, 15) is 15.0 Å². The van der Waals surface area contributed by atoms with Crippen molar-refractivity contribution in [2.24, 2.45) is 34.7 Å². The van der Waals surface area contributed by atoms with Gasteiger partial charge in [-0.1, -0.05) is 72.9 Å². The molecule has 0 aliphatic heterocycles. The lowest BCUT2D eigenvalue weighted by atomic mass is 9.72. The van der Waals surface area contributed by atoms with E-state index >= 15 is 0 Å². The van der Waals surface area contributed by atoms with Crippen molar-refractivity contribution in [3.8, 4) is 0 Å². The number of aliphatic hydroxyl groups excluding tert-OH is 1. The van der Waals surface area contributed by atoms with Crippen molar-refractivity contribution in [2.75, 3.05) is 7.11 Å². The molecule has 0 bridgehead atoms. The zero-order valence-electron chi connectivity index (χ0n) is 19.8. The highest BCUT2D eigenvalue weighted by atomic mass is 16.6. The summed E-state index contributed by atoms with van der Waals surface area (Å²) in [4.78, 5) is 18.5. The Bertz CT molecular complexity index is 606. The molecule has 0 saturated heterocycles. The number of oxime groups is 1. The van der Waals surface area contributed by atoms with Gasteiger partial charge in [0.15, 0.2) is 5.78 Å². The molecule has 0 saturated carbocycles. The molecule has 5 nitrogen and oxygen atoms in total. The number of nitrogens with zero attached hydrogens (tertiary/aromatic N) is 1. The molecule has 0 amide bonds. The highest BCUT2D eigenvalue weighted by Crippen LogP contribution is 2.48. The van der Waals surface area contributed by atoms with Crippen molar-refractivity contribution in [3.63, 3.8) is 0 Å². The first-order chi connectivity index (χ1) is 13.5.